The molecule has 0 aromatic rings. The molecule has 0 heterocycles. The average molecular weight is 2090 g/mol. The zero-order valence-electron chi connectivity index (χ0n) is 99.0. The van der Waals surface area contributed by atoms with Crippen LogP contribution in [0.3, 0.4) is 0 Å². The van der Waals surface area contributed by atoms with Gasteiger partial charge in [0.05, 0.1) is 49.9 Å². The van der Waals surface area contributed by atoms with Crippen molar-refractivity contribution in [3.8, 4) is 0 Å². The van der Waals surface area contributed by atoms with Gasteiger partial charge < -0.3 is 37.9 Å². The molecule has 2 unspecified atom stereocenters. The standard InChI is InChI=1S/2C17H34O2.3C15H30O2.C14H28O2.2C13H26O2.10CH4/c1-8-13(9-2)15(14(10-3)11-4)19-16(18)17(6,7)12-5;1-6-9-11-13-15(14-12-10-7-2)19-16(18)17(4,5)8-3;1-8-15(6,7)14(16)17-13(9-11(2)3)10-12(4)5;1-6-9-10-11-12-13(7-2)17-14(16)15(4,5)8-3;1-6-9-11-13(12-10-7-2)17-14(16)15(4,5)8-3;1-6-9-10-12(7-2)11-16-13(15)14(4,5)8-3;1-8-13(6,7)12(14)15-11(9(2)3)10(4)5;1-6-9-11(10-7-2)15-12(14)13(4,5)8-3;;;;;;;;;;/h13-15H,8-12H2,1-7H3;15H,6-14H2,1-5H3;11-13H,8-10H2,1-7H3;2*13H,6-12H2,1-5H3;12H,6-11H2,1-5H3;9-11H,8H2,1-7H3;11H,6-10H2,1-5H3;10*1H4. The van der Waals surface area contributed by atoms with Gasteiger partial charge in [0.1, 0.15) is 42.7 Å². The molecule has 0 rings (SSSR count). The Labute approximate surface area is 915 Å². The first-order chi connectivity index (χ1) is 62.6. The largest absolute Gasteiger partial charge is 0.465 e. The monoisotopic (exact) mass is 2080 g/mol. The summed E-state index contributed by atoms with van der Waals surface area (Å²) in [6.45, 7) is 95.7. The van der Waals surface area contributed by atoms with Crippen LogP contribution in [0.15, 0.2) is 0 Å². The number of ether oxygens (including phenoxy) is 8. The molecule has 0 bridgehead atoms. The molecule has 0 aliphatic carbocycles. The Balaban J connectivity index is -0.0000000788. The van der Waals surface area contributed by atoms with Crippen molar-refractivity contribution < 1.29 is 76.3 Å². The number of hydrogen-bond donors (Lipinski definition) is 0. The predicted octanol–water partition coefficient (Wildman–Crippen LogP) is 42.7. The number of carbonyl (C=O) groups excluding carboxylic acids is 8. The molecule has 890 valence electrons. The molecule has 16 heteroatoms. The quantitative estimate of drug-likeness (QED) is 0.0315. The molecule has 0 radical (unpaired) electrons. The molecule has 0 aromatic heterocycles. The topological polar surface area (TPSA) is 210 Å². The van der Waals surface area contributed by atoms with Gasteiger partial charge in [0.2, 0.25) is 0 Å². The molecule has 0 N–H and O–H groups in total. The smallest absolute Gasteiger partial charge is 0.311 e. The van der Waals surface area contributed by atoms with Crippen molar-refractivity contribution in [1.29, 1.82) is 0 Å². The summed E-state index contributed by atoms with van der Waals surface area (Å²) in [6.07, 6.45) is 45.3. The van der Waals surface area contributed by atoms with Gasteiger partial charge in [0.15, 0.2) is 0 Å². The van der Waals surface area contributed by atoms with E-state index in [-0.39, 0.29) is 208 Å². The molecule has 0 aliphatic heterocycles. The van der Waals surface area contributed by atoms with Gasteiger partial charge >= 0.3 is 47.8 Å². The number of rotatable bonds is 65. The van der Waals surface area contributed by atoms with E-state index in [1.807, 2.05) is 166 Å². The molecule has 2 atom stereocenters. The maximum absolute atomic E-state index is 12.4. The summed E-state index contributed by atoms with van der Waals surface area (Å²) in [6, 6.07) is 0. The van der Waals surface area contributed by atoms with E-state index in [1.54, 1.807) is 0 Å². The lowest BCUT2D eigenvalue weighted by Crippen LogP contribution is -2.38. The van der Waals surface area contributed by atoms with Crippen molar-refractivity contribution in [1.82, 2.24) is 0 Å². The van der Waals surface area contributed by atoms with Crippen molar-refractivity contribution in [2.24, 2.45) is 84.7 Å². The molecule has 0 saturated heterocycles. The molecular weight excluding hydrogens is 1810 g/mol. The summed E-state index contributed by atoms with van der Waals surface area (Å²) in [5.74, 6) is 3.06. The highest BCUT2D eigenvalue weighted by Gasteiger charge is 2.38. The summed E-state index contributed by atoms with van der Waals surface area (Å²) in [4.78, 5) is 96.0. The molecule has 16 nitrogen and oxygen atoms in total. The average Bonchev–Trinajstić information content (AvgIpc) is 0.841. The van der Waals surface area contributed by atoms with Gasteiger partial charge in [0.25, 0.3) is 0 Å². The van der Waals surface area contributed by atoms with Crippen molar-refractivity contribution in [2.75, 3.05) is 6.61 Å². The Kier molecular flexibility index (Phi) is 131. The molecule has 0 saturated carbocycles. The molecular formula is C129H278O16. The maximum Gasteiger partial charge on any atom is 0.311 e. The van der Waals surface area contributed by atoms with Gasteiger partial charge in [0, 0.05) is 0 Å². The Morgan fingerprint density at radius 2 is 0.407 bits per heavy atom. The van der Waals surface area contributed by atoms with E-state index in [0.29, 0.717) is 48.0 Å². The summed E-state index contributed by atoms with van der Waals surface area (Å²) >= 11 is 0. The normalized spacial score (nSPS) is 11.7. The highest BCUT2D eigenvalue weighted by atomic mass is 16.6. The van der Waals surface area contributed by atoms with Crippen LogP contribution in [0.2, 0.25) is 0 Å². The van der Waals surface area contributed by atoms with E-state index in [0.717, 1.165) is 186 Å². The van der Waals surface area contributed by atoms with Crippen molar-refractivity contribution in [3.63, 3.8) is 0 Å². The van der Waals surface area contributed by atoms with E-state index in [2.05, 4.69) is 152 Å². The van der Waals surface area contributed by atoms with Gasteiger partial charge in [-0.3, -0.25) is 38.4 Å². The van der Waals surface area contributed by atoms with Crippen molar-refractivity contribution >= 4 is 47.8 Å². The maximum atomic E-state index is 12.4. The van der Waals surface area contributed by atoms with Gasteiger partial charge in [-0.05, 0) is 319 Å². The fraction of sp³-hybridized carbons (Fsp3) is 0.938. The van der Waals surface area contributed by atoms with Gasteiger partial charge in [-0.25, -0.2) is 0 Å². The van der Waals surface area contributed by atoms with Crippen LogP contribution in [-0.4, -0.2) is 97.1 Å². The van der Waals surface area contributed by atoms with Crippen LogP contribution >= 0.6 is 0 Å². The third kappa shape index (κ3) is 91.0. The SMILES string of the molecule is C.C.C.C.C.C.C.C.C.C.CCC(C)(C)C(=O)OC(C(C)C)C(C)C.CCC(C)(C)C(=O)OC(CC(C)C)CC(C)C.CCC(CC)C(OC(=O)C(C)(C)CC)C(CC)CC.CCCC(CCC)OC(=O)C(C)(C)CC.CCCCC(CC)COC(=O)C(C)(C)CC.CCCCC(CCCC)OC(=O)C(C)(C)CC.CCCCCC(CCCCC)OC(=O)C(C)(C)CC.CCCCCCC(CC)OC(=O)C(C)(C)CC. The second-order valence-corrected chi connectivity index (χ2v) is 45.8. The first-order valence-electron chi connectivity index (χ1n) is 56.3. The first-order valence-corrected chi connectivity index (χ1v) is 56.3. The Hall–Kier alpha value is -4.24. The predicted molar refractivity (Wildman–Crippen MR) is 646 cm³/mol. The van der Waals surface area contributed by atoms with Crippen molar-refractivity contribution in [2.45, 2.75) is 705 Å². The zero-order valence-corrected chi connectivity index (χ0v) is 99.0. The minimum Gasteiger partial charge on any atom is -0.465 e. The van der Waals surface area contributed by atoms with Crippen LogP contribution in [0.5, 0.6) is 0 Å². The number of carbonyl (C=O) groups is 8. The zero-order chi connectivity index (χ0) is 107. The van der Waals surface area contributed by atoms with E-state index >= 15 is 0 Å². The Bertz CT molecular complexity index is 2800. The highest BCUT2D eigenvalue weighted by Crippen LogP contribution is 2.35. The lowest BCUT2D eigenvalue weighted by molar-refractivity contribution is -0.167. The second kappa shape index (κ2) is 104. The molecule has 0 aliphatic rings. The summed E-state index contributed by atoms with van der Waals surface area (Å²) in [5, 5.41) is 0. The van der Waals surface area contributed by atoms with Gasteiger partial charge in [-0.1, -0.05) is 385 Å². The van der Waals surface area contributed by atoms with Crippen LogP contribution in [-0.2, 0) is 76.3 Å². The molecule has 0 fully saturated rings. The lowest BCUT2D eigenvalue weighted by Gasteiger charge is -2.34. The molecule has 145 heavy (non-hydrogen) atoms. The third-order valence-corrected chi connectivity index (χ3v) is 28.2. The van der Waals surface area contributed by atoms with Crippen LogP contribution < -0.4 is 0 Å². The highest BCUT2D eigenvalue weighted by molar-refractivity contribution is 5.79. The fourth-order valence-electron chi connectivity index (χ4n) is 13.6. The lowest BCUT2D eigenvalue weighted by atomic mass is 9.83. The summed E-state index contributed by atoms with van der Waals surface area (Å²) in [7, 11) is 0. The molecule has 0 spiro atoms. The Morgan fingerprint density at radius 3 is 0.634 bits per heavy atom. The minimum absolute atomic E-state index is 0. The number of hydrogen-bond acceptors (Lipinski definition) is 16. The summed E-state index contributed by atoms with van der Waals surface area (Å²) in [5.41, 5.74) is -2.76. The first kappa shape index (κ1) is 182. The molecule has 0 aromatic carbocycles. The van der Waals surface area contributed by atoms with Gasteiger partial charge in [-0.2, -0.15) is 0 Å². The Morgan fingerprint density at radius 1 is 0.200 bits per heavy atom. The van der Waals surface area contributed by atoms with E-state index in [4.69, 9.17) is 37.9 Å². The third-order valence-electron chi connectivity index (χ3n) is 28.2. The van der Waals surface area contributed by atoms with Crippen LogP contribution in [0.4, 0.5) is 0 Å². The minimum atomic E-state index is -0.365. The number of esters is 8. The molecule has 0 amide bonds. The van der Waals surface area contributed by atoms with Gasteiger partial charge in [-0.15, -0.1) is 0 Å². The van der Waals surface area contributed by atoms with Crippen LogP contribution in [0, 0.1) is 84.7 Å². The van der Waals surface area contributed by atoms with E-state index < -0.39 is 0 Å². The summed E-state index contributed by atoms with van der Waals surface area (Å²) < 4.78 is 45.2. The fourth-order valence-corrected chi connectivity index (χ4v) is 13.6. The second-order valence-electron chi connectivity index (χ2n) is 45.8. The van der Waals surface area contributed by atoms with Crippen LogP contribution in [0.25, 0.3) is 0 Å². The van der Waals surface area contributed by atoms with Crippen molar-refractivity contribution in [3.05, 3.63) is 0 Å². The van der Waals surface area contributed by atoms with E-state index in [9.17, 15) is 38.4 Å². The van der Waals surface area contributed by atoms with Crippen LogP contribution in [0.1, 0.15) is 662 Å². The van der Waals surface area contributed by atoms with E-state index in [1.165, 1.54) is 83.5 Å². The number of unbranched alkanes of at least 4 members (excludes halogenated alkanes) is 10.